The van der Waals surface area contributed by atoms with Crippen molar-refractivity contribution in [1.82, 2.24) is 10.7 Å². The molecule has 1 heterocycles. The Bertz CT molecular complexity index is 1500. The van der Waals surface area contributed by atoms with Gasteiger partial charge in [-0.15, -0.1) is 0 Å². The van der Waals surface area contributed by atoms with E-state index in [9.17, 15) is 9.59 Å². The third-order valence-corrected chi connectivity index (χ3v) is 6.92. The van der Waals surface area contributed by atoms with Gasteiger partial charge in [0.1, 0.15) is 18.4 Å². The number of carbonyl (C=O) groups excluding carboxylic acids is 2. The lowest BCUT2D eigenvalue weighted by molar-refractivity contribution is -0.132. The predicted octanol–water partition coefficient (Wildman–Crippen LogP) is 6.15. The lowest BCUT2D eigenvalue weighted by Gasteiger charge is -2.22. The molecule has 234 valence electrons. The van der Waals surface area contributed by atoms with E-state index in [0.29, 0.717) is 59.0 Å². The molecule has 0 aromatic heterocycles. The second-order valence-electron chi connectivity index (χ2n) is 10.4. The van der Waals surface area contributed by atoms with Gasteiger partial charge in [0, 0.05) is 5.02 Å². The minimum Gasteiger partial charge on any atom is -0.490 e. The summed E-state index contributed by atoms with van der Waals surface area (Å²) in [5.74, 6) is 1.98. The van der Waals surface area contributed by atoms with Crippen LogP contribution >= 0.6 is 23.2 Å². The lowest BCUT2D eigenvalue weighted by Crippen LogP contribution is -2.49. The SMILES string of the molecule is CCOc1cc(/C=N\NC(=O)[C@@H](CC(C)C)NC(=O)[C@@H](C)Oc2ccc(Cl)cc2Cl)ccc1OCc1ccc2c(c1)OCO2. The van der Waals surface area contributed by atoms with E-state index in [1.807, 2.05) is 39.0 Å². The molecule has 1 aliphatic rings. The summed E-state index contributed by atoms with van der Waals surface area (Å²) in [5, 5.41) is 7.59. The minimum atomic E-state index is -0.914. The molecular formula is C32H35Cl2N3O7. The van der Waals surface area contributed by atoms with Crippen molar-refractivity contribution in [3.8, 4) is 28.7 Å². The number of carbonyl (C=O) groups is 2. The third-order valence-electron chi connectivity index (χ3n) is 6.39. The third kappa shape index (κ3) is 9.17. The highest BCUT2D eigenvalue weighted by atomic mass is 35.5. The van der Waals surface area contributed by atoms with Crippen molar-refractivity contribution in [2.24, 2.45) is 11.0 Å². The summed E-state index contributed by atoms with van der Waals surface area (Å²) in [6, 6.07) is 14.9. The molecule has 3 aromatic rings. The van der Waals surface area contributed by atoms with Gasteiger partial charge in [-0.3, -0.25) is 9.59 Å². The summed E-state index contributed by atoms with van der Waals surface area (Å²) in [4.78, 5) is 25.9. The van der Waals surface area contributed by atoms with Gasteiger partial charge in [-0.2, -0.15) is 5.10 Å². The van der Waals surface area contributed by atoms with Gasteiger partial charge in [-0.05, 0) is 85.8 Å². The molecule has 44 heavy (non-hydrogen) atoms. The van der Waals surface area contributed by atoms with Crippen LogP contribution in [0.2, 0.25) is 10.0 Å². The monoisotopic (exact) mass is 643 g/mol. The molecule has 12 heteroatoms. The van der Waals surface area contributed by atoms with Crippen LogP contribution in [0.3, 0.4) is 0 Å². The van der Waals surface area contributed by atoms with Crippen LogP contribution in [0.25, 0.3) is 0 Å². The van der Waals surface area contributed by atoms with Crippen LogP contribution in [0.15, 0.2) is 59.7 Å². The van der Waals surface area contributed by atoms with E-state index in [0.717, 1.165) is 5.56 Å². The van der Waals surface area contributed by atoms with Crippen molar-refractivity contribution < 1.29 is 33.3 Å². The second kappa shape index (κ2) is 15.5. The quantitative estimate of drug-likeness (QED) is 0.160. The summed E-state index contributed by atoms with van der Waals surface area (Å²) in [6.07, 6.45) is 0.970. The fraction of sp³-hybridized carbons (Fsp3) is 0.344. The predicted molar refractivity (Wildman–Crippen MR) is 168 cm³/mol. The maximum Gasteiger partial charge on any atom is 0.262 e. The summed E-state index contributed by atoms with van der Waals surface area (Å²) in [6.45, 7) is 8.30. The fourth-order valence-electron chi connectivity index (χ4n) is 4.24. The van der Waals surface area contributed by atoms with Crippen molar-refractivity contribution in [1.29, 1.82) is 0 Å². The van der Waals surface area contributed by atoms with Crippen LogP contribution in [0, 0.1) is 5.92 Å². The average molecular weight is 645 g/mol. The average Bonchev–Trinajstić information content (AvgIpc) is 3.45. The number of benzene rings is 3. The first-order valence-electron chi connectivity index (χ1n) is 14.2. The Labute approximate surface area is 266 Å². The Kier molecular flexibility index (Phi) is 11.6. The number of hydrazone groups is 1. The van der Waals surface area contributed by atoms with Crippen LogP contribution in [-0.4, -0.2) is 43.6 Å². The molecule has 2 atom stereocenters. The first kappa shape index (κ1) is 32.8. The minimum absolute atomic E-state index is 0.121. The molecule has 1 aliphatic heterocycles. The molecule has 3 aromatic carbocycles. The first-order chi connectivity index (χ1) is 21.1. The fourth-order valence-corrected chi connectivity index (χ4v) is 4.69. The molecule has 2 N–H and O–H groups in total. The van der Waals surface area contributed by atoms with E-state index in [2.05, 4.69) is 15.8 Å². The molecule has 0 bridgehead atoms. The normalized spacial score (nSPS) is 13.4. The summed E-state index contributed by atoms with van der Waals surface area (Å²) in [5.41, 5.74) is 4.12. The molecule has 0 spiro atoms. The number of nitrogens with zero attached hydrogens (tertiary/aromatic N) is 1. The largest absolute Gasteiger partial charge is 0.490 e. The zero-order chi connectivity index (χ0) is 31.6. The van der Waals surface area contributed by atoms with Gasteiger partial charge in [0.25, 0.3) is 11.8 Å². The number of fused-ring (bicyclic) bond motifs is 1. The number of amides is 2. The Morgan fingerprint density at radius 3 is 2.45 bits per heavy atom. The maximum atomic E-state index is 13.0. The molecule has 0 saturated heterocycles. The van der Waals surface area contributed by atoms with E-state index in [1.54, 1.807) is 37.3 Å². The Morgan fingerprint density at radius 2 is 1.70 bits per heavy atom. The van der Waals surface area contributed by atoms with Crippen molar-refractivity contribution >= 4 is 41.2 Å². The van der Waals surface area contributed by atoms with Crippen LogP contribution in [-0.2, 0) is 16.2 Å². The Morgan fingerprint density at radius 1 is 0.932 bits per heavy atom. The van der Waals surface area contributed by atoms with E-state index in [1.165, 1.54) is 12.3 Å². The molecule has 0 fully saturated rings. The standard InChI is InChI=1S/C32H35Cl2N3O7/c1-5-40-29-13-21(6-9-27(29)41-17-22-7-10-28-30(14-22)43-18-42-28)16-35-37-32(39)25(12-19(2)3)36-31(38)20(4)44-26-11-8-23(33)15-24(26)34/h6-11,13-16,19-20,25H,5,12,17-18H2,1-4H3,(H,36,38)(H,37,39)/b35-16-/t20-,25-/m1/s1. The molecular weight excluding hydrogens is 609 g/mol. The zero-order valence-corrected chi connectivity index (χ0v) is 26.4. The number of rotatable bonds is 14. The summed E-state index contributed by atoms with van der Waals surface area (Å²) < 4.78 is 28.3. The number of nitrogens with one attached hydrogen (secondary N) is 2. The molecule has 0 saturated carbocycles. The van der Waals surface area contributed by atoms with E-state index < -0.39 is 24.0 Å². The van der Waals surface area contributed by atoms with Gasteiger partial charge in [0.2, 0.25) is 6.79 Å². The highest BCUT2D eigenvalue weighted by Gasteiger charge is 2.25. The van der Waals surface area contributed by atoms with Gasteiger partial charge < -0.3 is 29.0 Å². The molecule has 0 radical (unpaired) electrons. The van der Waals surface area contributed by atoms with Crippen molar-refractivity contribution in [2.45, 2.75) is 52.9 Å². The van der Waals surface area contributed by atoms with E-state index in [-0.39, 0.29) is 17.7 Å². The van der Waals surface area contributed by atoms with Crippen molar-refractivity contribution in [3.63, 3.8) is 0 Å². The van der Waals surface area contributed by atoms with Gasteiger partial charge in [0.15, 0.2) is 29.1 Å². The Balaban J connectivity index is 1.35. The zero-order valence-electron chi connectivity index (χ0n) is 24.9. The lowest BCUT2D eigenvalue weighted by atomic mass is 10.0. The maximum absolute atomic E-state index is 13.0. The number of hydrogen-bond acceptors (Lipinski definition) is 8. The molecule has 0 aliphatic carbocycles. The first-order valence-corrected chi connectivity index (χ1v) is 14.9. The van der Waals surface area contributed by atoms with Crippen molar-refractivity contribution in [2.75, 3.05) is 13.4 Å². The Hall–Kier alpha value is -4.15. The molecule has 10 nitrogen and oxygen atoms in total. The molecule has 2 amide bonds. The molecule has 4 rings (SSSR count). The number of halogens is 2. The number of hydrogen-bond donors (Lipinski definition) is 2. The van der Waals surface area contributed by atoms with Gasteiger partial charge in [-0.25, -0.2) is 5.43 Å². The molecule has 0 unspecified atom stereocenters. The van der Waals surface area contributed by atoms with Crippen molar-refractivity contribution in [3.05, 3.63) is 75.8 Å². The smallest absolute Gasteiger partial charge is 0.262 e. The van der Waals surface area contributed by atoms with Crippen LogP contribution < -0.4 is 34.4 Å². The van der Waals surface area contributed by atoms with Gasteiger partial charge >= 0.3 is 0 Å². The van der Waals surface area contributed by atoms with E-state index >= 15 is 0 Å². The summed E-state index contributed by atoms with van der Waals surface area (Å²) in [7, 11) is 0. The van der Waals surface area contributed by atoms with Crippen LogP contribution in [0.5, 0.6) is 28.7 Å². The van der Waals surface area contributed by atoms with Crippen LogP contribution in [0.4, 0.5) is 0 Å². The van der Waals surface area contributed by atoms with Crippen LogP contribution in [0.1, 0.15) is 45.2 Å². The van der Waals surface area contributed by atoms with E-state index in [4.69, 9.17) is 46.9 Å². The summed E-state index contributed by atoms with van der Waals surface area (Å²) >= 11 is 12.1. The highest BCUT2D eigenvalue weighted by molar-refractivity contribution is 6.35. The second-order valence-corrected chi connectivity index (χ2v) is 11.2. The van der Waals surface area contributed by atoms with Gasteiger partial charge in [-0.1, -0.05) is 43.1 Å². The van der Waals surface area contributed by atoms with Gasteiger partial charge in [0.05, 0.1) is 17.8 Å². The highest BCUT2D eigenvalue weighted by Crippen LogP contribution is 2.34. The number of ether oxygens (including phenoxy) is 5. The topological polar surface area (TPSA) is 117 Å².